The summed E-state index contributed by atoms with van der Waals surface area (Å²) in [5, 5.41) is 9.76. The quantitative estimate of drug-likeness (QED) is 0.726. The van der Waals surface area contributed by atoms with Crippen LogP contribution in [0.4, 0.5) is 9.18 Å². The molecule has 0 spiro atoms. The van der Waals surface area contributed by atoms with Gasteiger partial charge in [-0.05, 0) is 34.9 Å². The molecule has 0 fully saturated rings. The fourth-order valence-corrected chi connectivity index (χ4v) is 2.45. The van der Waals surface area contributed by atoms with Gasteiger partial charge in [-0.1, -0.05) is 36.4 Å². The smallest absolute Gasteiger partial charge is 0.315 e. The molecule has 2 aromatic carbocycles. The van der Waals surface area contributed by atoms with Crippen LogP contribution in [0.1, 0.15) is 16.7 Å². The van der Waals surface area contributed by atoms with E-state index >= 15 is 0 Å². The second-order valence-electron chi connectivity index (χ2n) is 5.69. The van der Waals surface area contributed by atoms with Gasteiger partial charge in [0.1, 0.15) is 5.82 Å². The van der Waals surface area contributed by atoms with Crippen molar-refractivity contribution in [2.24, 2.45) is 0 Å². The molecule has 0 saturated carbocycles. The lowest BCUT2D eigenvalue weighted by Gasteiger charge is -2.09. The minimum absolute atomic E-state index is 0.262. The molecule has 0 aliphatic heterocycles. The molecule has 3 aromatic rings. The normalized spacial score (nSPS) is 10.4. The second-order valence-corrected chi connectivity index (χ2v) is 5.69. The Morgan fingerprint density at radius 1 is 0.960 bits per heavy atom. The molecule has 0 atom stereocenters. The Balaban J connectivity index is 1.47. The Labute approximate surface area is 145 Å². The number of nitrogens with zero attached hydrogens (tertiary/aromatic N) is 2. The fourth-order valence-electron chi connectivity index (χ4n) is 2.45. The summed E-state index contributed by atoms with van der Waals surface area (Å²) in [6.45, 7) is 1.48. The standard InChI is InChI=1S/C19H19FN4O/c20-18-7-5-15(6-8-18)12-21-19(25)22-13-16-3-1-4-17(11-16)14-24-10-2-9-23-24/h1-11H,12-14H2,(H2,21,22,25). The van der Waals surface area contributed by atoms with E-state index in [-0.39, 0.29) is 11.8 Å². The summed E-state index contributed by atoms with van der Waals surface area (Å²) in [4.78, 5) is 11.9. The van der Waals surface area contributed by atoms with Crippen LogP contribution >= 0.6 is 0 Å². The lowest BCUT2D eigenvalue weighted by Crippen LogP contribution is -2.34. The van der Waals surface area contributed by atoms with Crippen LogP contribution in [-0.2, 0) is 19.6 Å². The van der Waals surface area contributed by atoms with E-state index in [0.717, 1.165) is 16.7 Å². The molecule has 0 bridgehead atoms. The highest BCUT2D eigenvalue weighted by Crippen LogP contribution is 2.07. The van der Waals surface area contributed by atoms with Crippen molar-refractivity contribution < 1.29 is 9.18 Å². The lowest BCUT2D eigenvalue weighted by atomic mass is 10.1. The van der Waals surface area contributed by atoms with Crippen LogP contribution in [0.2, 0.25) is 0 Å². The molecule has 25 heavy (non-hydrogen) atoms. The van der Waals surface area contributed by atoms with Crippen LogP contribution < -0.4 is 10.6 Å². The summed E-state index contributed by atoms with van der Waals surface area (Å²) in [5.74, 6) is -0.289. The number of urea groups is 1. The summed E-state index contributed by atoms with van der Waals surface area (Å²) in [6.07, 6.45) is 3.66. The van der Waals surface area contributed by atoms with Gasteiger partial charge in [-0.2, -0.15) is 5.10 Å². The third-order valence-electron chi connectivity index (χ3n) is 3.71. The number of carbonyl (C=O) groups excluding carboxylic acids is 1. The van der Waals surface area contributed by atoms with E-state index in [1.54, 1.807) is 18.3 Å². The van der Waals surface area contributed by atoms with Gasteiger partial charge < -0.3 is 10.6 Å². The number of aromatic nitrogens is 2. The first kappa shape index (κ1) is 16.7. The van der Waals surface area contributed by atoms with Gasteiger partial charge in [0.2, 0.25) is 0 Å². The Bertz CT molecular complexity index is 816. The van der Waals surface area contributed by atoms with E-state index in [9.17, 15) is 9.18 Å². The number of benzene rings is 2. The Morgan fingerprint density at radius 3 is 2.40 bits per heavy atom. The van der Waals surface area contributed by atoms with Crippen molar-refractivity contribution in [3.63, 3.8) is 0 Å². The maximum Gasteiger partial charge on any atom is 0.315 e. The Hall–Kier alpha value is -3.15. The van der Waals surface area contributed by atoms with Gasteiger partial charge in [0.15, 0.2) is 0 Å². The molecule has 1 aromatic heterocycles. The number of halogens is 1. The van der Waals surface area contributed by atoms with Gasteiger partial charge in [-0.15, -0.1) is 0 Å². The van der Waals surface area contributed by atoms with Crippen LogP contribution in [0.3, 0.4) is 0 Å². The van der Waals surface area contributed by atoms with E-state index in [2.05, 4.69) is 15.7 Å². The molecule has 0 saturated heterocycles. The molecule has 0 aliphatic rings. The van der Waals surface area contributed by atoms with Gasteiger partial charge in [-0.3, -0.25) is 4.68 Å². The van der Waals surface area contributed by atoms with Crippen LogP contribution in [0, 0.1) is 5.82 Å². The first-order valence-electron chi connectivity index (χ1n) is 8.00. The summed E-state index contributed by atoms with van der Waals surface area (Å²) in [6, 6.07) is 15.7. The van der Waals surface area contributed by atoms with Crippen LogP contribution in [-0.4, -0.2) is 15.8 Å². The number of amides is 2. The van der Waals surface area contributed by atoms with E-state index in [1.165, 1.54) is 12.1 Å². The fraction of sp³-hybridized carbons (Fsp3) is 0.158. The van der Waals surface area contributed by atoms with E-state index < -0.39 is 0 Å². The minimum atomic E-state index is -0.289. The molecule has 0 radical (unpaired) electrons. The molecular weight excluding hydrogens is 319 g/mol. The van der Waals surface area contributed by atoms with Crippen LogP contribution in [0.5, 0.6) is 0 Å². The van der Waals surface area contributed by atoms with Gasteiger partial charge in [0.05, 0.1) is 6.54 Å². The average Bonchev–Trinajstić information content (AvgIpc) is 3.13. The zero-order valence-corrected chi connectivity index (χ0v) is 13.7. The number of hydrogen-bond acceptors (Lipinski definition) is 2. The third-order valence-corrected chi connectivity index (χ3v) is 3.71. The summed E-state index contributed by atoms with van der Waals surface area (Å²) in [5.41, 5.74) is 2.98. The second kappa shape index (κ2) is 8.10. The van der Waals surface area contributed by atoms with Crippen molar-refractivity contribution in [2.75, 3.05) is 0 Å². The molecule has 5 nitrogen and oxygen atoms in total. The van der Waals surface area contributed by atoms with Gasteiger partial charge >= 0.3 is 6.03 Å². The summed E-state index contributed by atoms with van der Waals surface area (Å²) in [7, 11) is 0. The minimum Gasteiger partial charge on any atom is -0.334 e. The highest BCUT2D eigenvalue weighted by Gasteiger charge is 2.02. The zero-order chi connectivity index (χ0) is 17.5. The molecule has 0 aliphatic carbocycles. The van der Waals surface area contributed by atoms with Crippen molar-refractivity contribution in [1.82, 2.24) is 20.4 Å². The third kappa shape index (κ3) is 5.17. The van der Waals surface area contributed by atoms with Gasteiger partial charge in [0.25, 0.3) is 0 Å². The first-order chi connectivity index (χ1) is 12.2. The first-order valence-corrected chi connectivity index (χ1v) is 8.00. The van der Waals surface area contributed by atoms with E-state index in [4.69, 9.17) is 0 Å². The largest absolute Gasteiger partial charge is 0.334 e. The zero-order valence-electron chi connectivity index (χ0n) is 13.7. The number of nitrogens with one attached hydrogen (secondary N) is 2. The average molecular weight is 338 g/mol. The van der Waals surface area contributed by atoms with Crippen molar-refractivity contribution in [3.05, 3.63) is 89.5 Å². The van der Waals surface area contributed by atoms with E-state index in [0.29, 0.717) is 19.6 Å². The van der Waals surface area contributed by atoms with Gasteiger partial charge in [0, 0.05) is 25.5 Å². The van der Waals surface area contributed by atoms with Crippen molar-refractivity contribution >= 4 is 6.03 Å². The monoisotopic (exact) mass is 338 g/mol. The highest BCUT2D eigenvalue weighted by molar-refractivity contribution is 5.73. The Kier molecular flexibility index (Phi) is 5.41. The molecule has 3 rings (SSSR count). The number of carbonyl (C=O) groups is 1. The predicted molar refractivity (Wildman–Crippen MR) is 93.2 cm³/mol. The summed E-state index contributed by atoms with van der Waals surface area (Å²) >= 11 is 0. The molecule has 1 heterocycles. The SMILES string of the molecule is O=C(NCc1ccc(F)cc1)NCc1cccc(Cn2cccn2)c1. The lowest BCUT2D eigenvalue weighted by molar-refractivity contribution is 0.240. The van der Waals surface area contributed by atoms with Gasteiger partial charge in [-0.25, -0.2) is 9.18 Å². The number of rotatable bonds is 6. The van der Waals surface area contributed by atoms with Crippen molar-refractivity contribution in [3.8, 4) is 0 Å². The van der Waals surface area contributed by atoms with Crippen LogP contribution in [0.25, 0.3) is 0 Å². The molecule has 6 heteroatoms. The van der Waals surface area contributed by atoms with Crippen molar-refractivity contribution in [2.45, 2.75) is 19.6 Å². The van der Waals surface area contributed by atoms with E-state index in [1.807, 2.05) is 41.2 Å². The Morgan fingerprint density at radius 2 is 1.68 bits per heavy atom. The molecular formula is C19H19FN4O. The number of hydrogen-bond donors (Lipinski definition) is 2. The predicted octanol–water partition coefficient (Wildman–Crippen LogP) is 3.07. The van der Waals surface area contributed by atoms with Crippen LogP contribution in [0.15, 0.2) is 67.0 Å². The maximum absolute atomic E-state index is 12.8. The van der Waals surface area contributed by atoms with Crippen molar-refractivity contribution in [1.29, 1.82) is 0 Å². The summed E-state index contributed by atoms with van der Waals surface area (Å²) < 4.78 is 14.7. The maximum atomic E-state index is 12.8. The molecule has 2 N–H and O–H groups in total. The molecule has 128 valence electrons. The molecule has 2 amide bonds. The topological polar surface area (TPSA) is 59.0 Å². The molecule has 0 unspecified atom stereocenters. The highest BCUT2D eigenvalue weighted by atomic mass is 19.1.